The van der Waals surface area contributed by atoms with E-state index in [9.17, 15) is 9.59 Å². The number of nitrogens with zero attached hydrogens (tertiary/aromatic N) is 3. The Hall–Kier alpha value is -1.85. The van der Waals surface area contributed by atoms with Gasteiger partial charge in [0, 0.05) is 20.1 Å². The van der Waals surface area contributed by atoms with Gasteiger partial charge in [0.15, 0.2) is 0 Å². The van der Waals surface area contributed by atoms with Crippen molar-refractivity contribution in [1.29, 1.82) is 0 Å². The van der Waals surface area contributed by atoms with E-state index in [1.54, 1.807) is 18.0 Å². The van der Waals surface area contributed by atoms with Crippen LogP contribution in [0.1, 0.15) is 36.5 Å². The third-order valence-corrected chi connectivity index (χ3v) is 2.69. The lowest BCUT2D eigenvalue weighted by Gasteiger charge is -2.23. The molecule has 19 heavy (non-hydrogen) atoms. The first-order chi connectivity index (χ1) is 8.81. The van der Waals surface area contributed by atoms with Crippen molar-refractivity contribution in [3.8, 4) is 0 Å². The van der Waals surface area contributed by atoms with Crippen LogP contribution < -0.4 is 0 Å². The number of amides is 1. The van der Waals surface area contributed by atoms with Gasteiger partial charge in [0.25, 0.3) is 5.91 Å². The van der Waals surface area contributed by atoms with Gasteiger partial charge >= 0.3 is 5.97 Å². The van der Waals surface area contributed by atoms with Crippen LogP contribution in [-0.4, -0.2) is 44.8 Å². The normalized spacial score (nSPS) is 10.8. The Morgan fingerprint density at radius 2 is 2.11 bits per heavy atom. The van der Waals surface area contributed by atoms with Crippen LogP contribution in [0.15, 0.2) is 6.07 Å². The van der Waals surface area contributed by atoms with Gasteiger partial charge in [-0.1, -0.05) is 13.8 Å². The van der Waals surface area contributed by atoms with Crippen molar-refractivity contribution in [2.45, 2.75) is 27.2 Å². The van der Waals surface area contributed by atoms with Crippen LogP contribution in [0, 0.1) is 12.8 Å². The van der Waals surface area contributed by atoms with Gasteiger partial charge in [0.1, 0.15) is 5.69 Å². The predicted octanol–water partition coefficient (Wildman–Crippen LogP) is 1.30. The minimum Gasteiger partial charge on any atom is -0.481 e. The second kappa shape index (κ2) is 6.36. The van der Waals surface area contributed by atoms with E-state index in [1.165, 1.54) is 4.68 Å². The summed E-state index contributed by atoms with van der Waals surface area (Å²) in [7, 11) is 1.71. The van der Waals surface area contributed by atoms with Gasteiger partial charge in [-0.25, -0.2) is 0 Å². The van der Waals surface area contributed by atoms with Crippen molar-refractivity contribution in [3.63, 3.8) is 0 Å². The number of aromatic nitrogens is 2. The second-order valence-corrected chi connectivity index (χ2v) is 5.08. The quantitative estimate of drug-likeness (QED) is 0.843. The van der Waals surface area contributed by atoms with Gasteiger partial charge in [-0.2, -0.15) is 5.10 Å². The highest BCUT2D eigenvalue weighted by atomic mass is 16.4. The van der Waals surface area contributed by atoms with E-state index in [-0.39, 0.29) is 24.8 Å². The lowest BCUT2D eigenvalue weighted by Crippen LogP contribution is -2.37. The Morgan fingerprint density at radius 1 is 1.47 bits per heavy atom. The molecule has 1 aromatic heterocycles. The maximum atomic E-state index is 12.4. The van der Waals surface area contributed by atoms with Crippen LogP contribution >= 0.6 is 0 Å². The summed E-state index contributed by atoms with van der Waals surface area (Å²) in [6.07, 6.45) is -0.0463. The number of hydrogen-bond acceptors (Lipinski definition) is 3. The fraction of sp³-hybridized carbons (Fsp3) is 0.615. The molecule has 0 saturated carbocycles. The molecule has 0 aliphatic heterocycles. The zero-order chi connectivity index (χ0) is 14.6. The molecule has 106 valence electrons. The molecule has 0 radical (unpaired) electrons. The highest BCUT2D eigenvalue weighted by Gasteiger charge is 2.21. The van der Waals surface area contributed by atoms with Crippen molar-refractivity contribution in [2.75, 3.05) is 13.1 Å². The van der Waals surface area contributed by atoms with E-state index in [1.807, 2.05) is 20.8 Å². The Labute approximate surface area is 113 Å². The zero-order valence-corrected chi connectivity index (χ0v) is 11.9. The predicted molar refractivity (Wildman–Crippen MR) is 70.9 cm³/mol. The van der Waals surface area contributed by atoms with E-state index in [4.69, 9.17) is 5.11 Å². The fourth-order valence-electron chi connectivity index (χ4n) is 1.92. The summed E-state index contributed by atoms with van der Waals surface area (Å²) in [5.74, 6) is -0.784. The molecular weight excluding hydrogens is 246 g/mol. The monoisotopic (exact) mass is 267 g/mol. The Kier molecular flexibility index (Phi) is 5.09. The molecule has 0 aromatic carbocycles. The lowest BCUT2D eigenvalue weighted by molar-refractivity contribution is -0.137. The number of rotatable bonds is 6. The van der Waals surface area contributed by atoms with Crippen LogP contribution in [0.2, 0.25) is 0 Å². The molecular formula is C13H21N3O3. The third-order valence-electron chi connectivity index (χ3n) is 2.69. The van der Waals surface area contributed by atoms with E-state index in [0.717, 1.165) is 5.69 Å². The summed E-state index contributed by atoms with van der Waals surface area (Å²) >= 11 is 0. The molecule has 0 saturated heterocycles. The number of carboxylic acids is 1. The fourth-order valence-corrected chi connectivity index (χ4v) is 1.92. The van der Waals surface area contributed by atoms with Crippen LogP contribution in [0.5, 0.6) is 0 Å². The first-order valence-electron chi connectivity index (χ1n) is 6.33. The molecule has 0 spiro atoms. The summed E-state index contributed by atoms with van der Waals surface area (Å²) in [4.78, 5) is 24.6. The first-order valence-corrected chi connectivity index (χ1v) is 6.33. The number of carboxylic acid groups (broad SMARTS) is 1. The number of aliphatic carboxylic acids is 1. The second-order valence-electron chi connectivity index (χ2n) is 5.08. The zero-order valence-electron chi connectivity index (χ0n) is 11.9. The topological polar surface area (TPSA) is 75.4 Å². The molecule has 1 N–H and O–H groups in total. The standard InChI is InChI=1S/C13H21N3O3/c1-9(2)8-16(6-5-12(17)18)13(19)11-7-10(3)14-15(11)4/h7,9H,5-6,8H2,1-4H3,(H,17,18). The molecule has 0 atom stereocenters. The first kappa shape index (κ1) is 15.2. The van der Waals surface area contributed by atoms with E-state index in [2.05, 4.69) is 5.10 Å². The average Bonchev–Trinajstić information content (AvgIpc) is 2.62. The van der Waals surface area contributed by atoms with Gasteiger partial charge in [-0.15, -0.1) is 0 Å². The van der Waals surface area contributed by atoms with Crippen LogP contribution in [0.3, 0.4) is 0 Å². The van der Waals surface area contributed by atoms with Crippen LogP contribution in [0.25, 0.3) is 0 Å². The van der Waals surface area contributed by atoms with Crippen molar-refractivity contribution in [3.05, 3.63) is 17.5 Å². The molecule has 1 aromatic rings. The maximum absolute atomic E-state index is 12.4. The summed E-state index contributed by atoms with van der Waals surface area (Å²) in [5.41, 5.74) is 1.26. The van der Waals surface area contributed by atoms with Gasteiger partial charge in [-0.3, -0.25) is 14.3 Å². The van der Waals surface area contributed by atoms with Gasteiger partial charge in [-0.05, 0) is 18.9 Å². The summed E-state index contributed by atoms with van der Waals surface area (Å²) in [5, 5.41) is 12.9. The molecule has 6 nitrogen and oxygen atoms in total. The van der Waals surface area contributed by atoms with Crippen LogP contribution in [0.4, 0.5) is 0 Å². The number of hydrogen-bond donors (Lipinski definition) is 1. The van der Waals surface area contributed by atoms with Crippen LogP contribution in [-0.2, 0) is 11.8 Å². The minimum absolute atomic E-state index is 0.0463. The summed E-state index contributed by atoms with van der Waals surface area (Å²) in [6.45, 7) is 6.57. The Bertz CT molecular complexity index is 466. The van der Waals surface area contributed by atoms with Gasteiger partial charge in [0.2, 0.25) is 0 Å². The maximum Gasteiger partial charge on any atom is 0.305 e. The number of carbonyl (C=O) groups is 2. The minimum atomic E-state index is -0.900. The Morgan fingerprint density at radius 3 is 2.53 bits per heavy atom. The van der Waals surface area contributed by atoms with Crippen molar-refractivity contribution >= 4 is 11.9 Å². The largest absolute Gasteiger partial charge is 0.481 e. The average molecular weight is 267 g/mol. The summed E-state index contributed by atoms with van der Waals surface area (Å²) in [6, 6.07) is 1.72. The molecule has 0 aliphatic rings. The SMILES string of the molecule is Cc1cc(C(=O)N(CCC(=O)O)CC(C)C)n(C)n1. The molecule has 0 bridgehead atoms. The summed E-state index contributed by atoms with van der Waals surface area (Å²) < 4.78 is 1.53. The Balaban J connectivity index is 2.86. The smallest absolute Gasteiger partial charge is 0.305 e. The highest BCUT2D eigenvalue weighted by molar-refractivity contribution is 5.92. The third kappa shape index (κ3) is 4.39. The van der Waals surface area contributed by atoms with E-state index in [0.29, 0.717) is 12.2 Å². The van der Waals surface area contributed by atoms with Crippen molar-refractivity contribution in [1.82, 2.24) is 14.7 Å². The molecule has 1 rings (SSSR count). The molecule has 6 heteroatoms. The van der Waals surface area contributed by atoms with Gasteiger partial charge in [0.05, 0.1) is 12.1 Å². The number of carbonyl (C=O) groups excluding carboxylic acids is 1. The molecule has 1 amide bonds. The molecule has 0 unspecified atom stereocenters. The van der Waals surface area contributed by atoms with E-state index < -0.39 is 5.97 Å². The van der Waals surface area contributed by atoms with E-state index >= 15 is 0 Å². The molecule has 0 fully saturated rings. The number of aryl methyl sites for hydroxylation is 2. The van der Waals surface area contributed by atoms with Crippen molar-refractivity contribution in [2.24, 2.45) is 13.0 Å². The highest BCUT2D eigenvalue weighted by Crippen LogP contribution is 2.09. The molecule has 0 aliphatic carbocycles. The lowest BCUT2D eigenvalue weighted by atomic mass is 10.2. The molecule has 1 heterocycles. The van der Waals surface area contributed by atoms with Gasteiger partial charge < -0.3 is 10.0 Å². The van der Waals surface area contributed by atoms with Crippen molar-refractivity contribution < 1.29 is 14.7 Å².